The van der Waals surface area contributed by atoms with E-state index in [2.05, 4.69) is 5.32 Å². The summed E-state index contributed by atoms with van der Waals surface area (Å²) in [6.07, 6.45) is 0. The van der Waals surface area contributed by atoms with Crippen LogP contribution in [0.2, 0.25) is 0 Å². The lowest BCUT2D eigenvalue weighted by atomic mass is 10.2. The first-order valence-electron chi connectivity index (χ1n) is 5.98. The van der Waals surface area contributed by atoms with Gasteiger partial charge in [-0.05, 0) is 30.3 Å². The Bertz CT molecular complexity index is 662. The van der Waals surface area contributed by atoms with Crippen LogP contribution >= 0.6 is 11.8 Å². The molecule has 2 aromatic carbocycles. The van der Waals surface area contributed by atoms with Gasteiger partial charge in [0.05, 0.1) is 10.7 Å². The number of nitro groups is 1. The van der Waals surface area contributed by atoms with Crippen molar-refractivity contribution in [2.45, 2.75) is 4.90 Å². The lowest BCUT2D eigenvalue weighted by Gasteiger charge is -2.05. The number of rotatable bonds is 5. The number of thioether (sulfide) groups is 1. The molecule has 0 aliphatic carbocycles. The number of halogens is 1. The highest BCUT2D eigenvalue weighted by molar-refractivity contribution is 8.00. The third-order valence-corrected chi connectivity index (χ3v) is 3.57. The van der Waals surface area contributed by atoms with Gasteiger partial charge in [0, 0.05) is 11.0 Å². The summed E-state index contributed by atoms with van der Waals surface area (Å²) in [5, 5.41) is 13.3. The predicted octanol–water partition coefficient (Wildman–Crippen LogP) is 3.46. The third-order valence-electron chi connectivity index (χ3n) is 2.56. The molecular weight excluding hydrogens is 295 g/mol. The van der Waals surface area contributed by atoms with Crippen LogP contribution in [0.25, 0.3) is 0 Å². The molecule has 21 heavy (non-hydrogen) atoms. The number of hydrogen-bond acceptors (Lipinski definition) is 4. The smallest absolute Gasteiger partial charge is 0.292 e. The van der Waals surface area contributed by atoms with Crippen LogP contribution in [0, 0.1) is 15.9 Å². The first-order chi connectivity index (χ1) is 10.1. The number of amides is 1. The van der Waals surface area contributed by atoms with E-state index < -0.39 is 4.92 Å². The van der Waals surface area contributed by atoms with Crippen molar-refractivity contribution in [1.29, 1.82) is 0 Å². The molecule has 0 saturated heterocycles. The Kier molecular flexibility index (Phi) is 4.89. The summed E-state index contributed by atoms with van der Waals surface area (Å²) in [5.41, 5.74) is 0.00448. The minimum absolute atomic E-state index is 0.0810. The molecule has 0 radical (unpaired) electrons. The van der Waals surface area contributed by atoms with Crippen LogP contribution < -0.4 is 5.32 Å². The number of carbonyl (C=O) groups excluding carboxylic acids is 1. The lowest BCUT2D eigenvalue weighted by Crippen LogP contribution is -2.15. The Morgan fingerprint density at radius 2 is 1.86 bits per heavy atom. The van der Waals surface area contributed by atoms with Gasteiger partial charge in [-0.15, -0.1) is 11.8 Å². The minimum atomic E-state index is -0.553. The zero-order chi connectivity index (χ0) is 15.2. The molecule has 0 heterocycles. The molecule has 0 saturated carbocycles. The second kappa shape index (κ2) is 6.85. The maximum absolute atomic E-state index is 12.7. The number of anilines is 1. The van der Waals surface area contributed by atoms with Crippen LogP contribution in [-0.4, -0.2) is 16.6 Å². The van der Waals surface area contributed by atoms with Gasteiger partial charge in [-0.1, -0.05) is 12.1 Å². The van der Waals surface area contributed by atoms with Crippen LogP contribution in [0.15, 0.2) is 53.4 Å². The summed E-state index contributed by atoms with van der Waals surface area (Å²) in [6.45, 7) is 0. The molecule has 7 heteroatoms. The van der Waals surface area contributed by atoms with Crippen LogP contribution in [0.4, 0.5) is 15.8 Å². The van der Waals surface area contributed by atoms with Gasteiger partial charge in [0.1, 0.15) is 11.5 Å². The Morgan fingerprint density at radius 1 is 1.19 bits per heavy atom. The van der Waals surface area contributed by atoms with Crippen molar-refractivity contribution in [2.75, 3.05) is 11.1 Å². The summed E-state index contributed by atoms with van der Waals surface area (Å²) >= 11 is 1.22. The van der Waals surface area contributed by atoms with Crippen LogP contribution in [0.1, 0.15) is 0 Å². The average molecular weight is 306 g/mol. The molecule has 0 aliphatic heterocycles. The van der Waals surface area contributed by atoms with E-state index in [1.165, 1.54) is 42.1 Å². The number of carbonyl (C=O) groups is 1. The normalized spacial score (nSPS) is 10.1. The molecule has 2 rings (SSSR count). The van der Waals surface area contributed by atoms with Gasteiger partial charge in [0.25, 0.3) is 5.69 Å². The van der Waals surface area contributed by atoms with E-state index in [9.17, 15) is 19.3 Å². The molecule has 108 valence electrons. The zero-order valence-electron chi connectivity index (χ0n) is 10.8. The molecular formula is C14H11FN2O3S. The molecule has 0 aliphatic rings. The third kappa shape index (κ3) is 4.28. The molecule has 0 fully saturated rings. The highest BCUT2D eigenvalue weighted by Gasteiger charge is 2.14. The summed E-state index contributed by atoms with van der Waals surface area (Å²) < 4.78 is 12.7. The van der Waals surface area contributed by atoms with Gasteiger partial charge in [-0.2, -0.15) is 0 Å². The maximum atomic E-state index is 12.7. The highest BCUT2D eigenvalue weighted by atomic mass is 32.2. The van der Waals surface area contributed by atoms with Crippen LogP contribution in [0.3, 0.4) is 0 Å². The van der Waals surface area contributed by atoms with Crippen molar-refractivity contribution in [1.82, 2.24) is 0 Å². The van der Waals surface area contributed by atoms with Crippen molar-refractivity contribution in [3.05, 3.63) is 64.5 Å². The fraction of sp³-hybridized carbons (Fsp3) is 0.0714. The van der Waals surface area contributed by atoms with E-state index in [0.717, 1.165) is 4.90 Å². The summed E-state index contributed by atoms with van der Waals surface area (Å²) in [5.74, 6) is -0.625. The maximum Gasteiger partial charge on any atom is 0.292 e. The Labute approximate surface area is 124 Å². The van der Waals surface area contributed by atoms with Crippen molar-refractivity contribution < 1.29 is 14.1 Å². The van der Waals surface area contributed by atoms with Crippen molar-refractivity contribution in [3.8, 4) is 0 Å². The molecule has 1 amide bonds. The highest BCUT2D eigenvalue weighted by Crippen LogP contribution is 2.24. The number of nitro benzene ring substituents is 1. The quantitative estimate of drug-likeness (QED) is 0.521. The minimum Gasteiger partial charge on any atom is -0.320 e. The number of nitrogens with one attached hydrogen (secondary N) is 1. The molecule has 5 nitrogen and oxygen atoms in total. The molecule has 0 unspecified atom stereocenters. The topological polar surface area (TPSA) is 72.2 Å². The molecule has 0 bridgehead atoms. The molecule has 0 aromatic heterocycles. The van der Waals surface area contributed by atoms with E-state index in [-0.39, 0.29) is 28.9 Å². The number of nitrogens with zero attached hydrogens (tertiary/aromatic N) is 1. The van der Waals surface area contributed by atoms with Crippen molar-refractivity contribution in [3.63, 3.8) is 0 Å². The summed E-state index contributed by atoms with van der Waals surface area (Å²) in [6, 6.07) is 11.7. The second-order valence-electron chi connectivity index (χ2n) is 4.07. The molecule has 0 atom stereocenters. The van der Waals surface area contributed by atoms with Gasteiger partial charge in [0.15, 0.2) is 0 Å². The van der Waals surface area contributed by atoms with Gasteiger partial charge in [-0.25, -0.2) is 4.39 Å². The van der Waals surface area contributed by atoms with E-state index >= 15 is 0 Å². The van der Waals surface area contributed by atoms with Gasteiger partial charge < -0.3 is 5.32 Å². The van der Waals surface area contributed by atoms with Crippen molar-refractivity contribution in [2.24, 2.45) is 0 Å². The molecule has 1 N–H and O–H groups in total. The van der Waals surface area contributed by atoms with Gasteiger partial charge in [-0.3, -0.25) is 14.9 Å². The lowest BCUT2D eigenvalue weighted by molar-refractivity contribution is -0.383. The van der Waals surface area contributed by atoms with Gasteiger partial charge >= 0.3 is 0 Å². The second-order valence-corrected chi connectivity index (χ2v) is 5.11. The van der Waals surface area contributed by atoms with E-state index in [0.29, 0.717) is 0 Å². The first-order valence-corrected chi connectivity index (χ1v) is 6.96. The fourth-order valence-electron chi connectivity index (χ4n) is 1.60. The SMILES string of the molecule is O=C(CSc1ccc(F)cc1)Nc1ccccc1[N+](=O)[O-]. The Balaban J connectivity index is 1.96. The van der Waals surface area contributed by atoms with E-state index in [4.69, 9.17) is 0 Å². The predicted molar refractivity (Wildman–Crippen MR) is 78.9 cm³/mol. The Hall–Kier alpha value is -2.41. The molecule has 0 spiro atoms. The largest absolute Gasteiger partial charge is 0.320 e. The van der Waals surface area contributed by atoms with Crippen LogP contribution in [-0.2, 0) is 4.79 Å². The van der Waals surface area contributed by atoms with Gasteiger partial charge in [0.2, 0.25) is 5.91 Å². The zero-order valence-corrected chi connectivity index (χ0v) is 11.6. The summed E-state index contributed by atoms with van der Waals surface area (Å²) in [4.78, 5) is 22.8. The van der Waals surface area contributed by atoms with E-state index in [1.54, 1.807) is 18.2 Å². The summed E-state index contributed by atoms with van der Waals surface area (Å²) in [7, 11) is 0. The first kappa shape index (κ1) is 15.0. The standard InChI is InChI=1S/C14H11FN2O3S/c15-10-5-7-11(8-6-10)21-9-14(18)16-12-3-1-2-4-13(12)17(19)20/h1-8H,9H2,(H,16,18). The number of para-hydroxylation sites is 2. The molecule has 2 aromatic rings. The number of benzene rings is 2. The van der Waals surface area contributed by atoms with Crippen molar-refractivity contribution >= 4 is 29.0 Å². The average Bonchev–Trinajstić information content (AvgIpc) is 2.47. The monoisotopic (exact) mass is 306 g/mol. The Morgan fingerprint density at radius 3 is 2.52 bits per heavy atom. The van der Waals surface area contributed by atoms with E-state index in [1.807, 2.05) is 0 Å². The van der Waals surface area contributed by atoms with Crippen LogP contribution in [0.5, 0.6) is 0 Å². The fourth-order valence-corrected chi connectivity index (χ4v) is 2.30. The number of hydrogen-bond donors (Lipinski definition) is 1.